The summed E-state index contributed by atoms with van der Waals surface area (Å²) in [6.45, 7) is 0. The van der Waals surface area contributed by atoms with Crippen molar-refractivity contribution in [1.82, 2.24) is 5.32 Å². The zero-order chi connectivity index (χ0) is 30.4. The highest BCUT2D eigenvalue weighted by atomic mass is 16.5. The topological polar surface area (TPSA) is 111 Å². The Labute approximate surface area is 244 Å². The van der Waals surface area contributed by atoms with Gasteiger partial charge in [-0.1, -0.05) is 6.07 Å². The van der Waals surface area contributed by atoms with E-state index in [1.165, 1.54) is 47.7 Å². The minimum absolute atomic E-state index is 0.177. The fraction of sp³-hybridized carbons (Fsp3) is 0.312. The molecule has 10 nitrogen and oxygen atoms in total. The van der Waals surface area contributed by atoms with Gasteiger partial charge in [-0.15, -0.1) is 0 Å². The number of amides is 1. The van der Waals surface area contributed by atoms with Crippen molar-refractivity contribution in [3.63, 3.8) is 0 Å². The van der Waals surface area contributed by atoms with E-state index >= 15 is 0 Å². The standard InChI is InChI=1S/C32H35NO9/c1-36-24-12-10-20-21(17-23(24)34)22(11-9-19-16-27(39-4)31(41-6)32(42-7)29(19)20)33-28(35)13-8-18-14-25(37-2)30(40-5)26(15-18)38-3/h8,10,12-17,22H,9,11H2,1-7H3,(H,33,35)/b13-8+/t22-/m0/s1. The van der Waals surface area contributed by atoms with Crippen molar-refractivity contribution in [2.45, 2.75) is 18.9 Å². The third-order valence-electron chi connectivity index (χ3n) is 7.15. The number of carbonyl (C=O) groups is 1. The first-order valence-electron chi connectivity index (χ1n) is 13.2. The smallest absolute Gasteiger partial charge is 0.244 e. The van der Waals surface area contributed by atoms with Crippen LogP contribution in [-0.2, 0) is 11.2 Å². The average molecular weight is 578 g/mol. The first kappa shape index (κ1) is 30.1. The van der Waals surface area contributed by atoms with Gasteiger partial charge in [-0.2, -0.15) is 0 Å². The molecule has 3 aromatic carbocycles. The molecule has 42 heavy (non-hydrogen) atoms. The van der Waals surface area contributed by atoms with Crippen LogP contribution in [0.4, 0.5) is 0 Å². The van der Waals surface area contributed by atoms with Gasteiger partial charge in [0.1, 0.15) is 0 Å². The fourth-order valence-electron chi connectivity index (χ4n) is 5.21. The predicted molar refractivity (Wildman–Crippen MR) is 159 cm³/mol. The van der Waals surface area contributed by atoms with Crippen LogP contribution in [0.2, 0.25) is 0 Å². The third kappa shape index (κ3) is 5.79. The van der Waals surface area contributed by atoms with Crippen LogP contribution >= 0.6 is 0 Å². The molecule has 0 spiro atoms. The first-order valence-corrected chi connectivity index (χ1v) is 13.2. The number of benzene rings is 2. The monoisotopic (exact) mass is 577 g/mol. The second-order valence-corrected chi connectivity index (χ2v) is 9.35. The Morgan fingerprint density at radius 1 is 0.738 bits per heavy atom. The summed E-state index contributed by atoms with van der Waals surface area (Å²) in [5.74, 6) is 2.65. The highest BCUT2D eigenvalue weighted by Crippen LogP contribution is 2.50. The summed E-state index contributed by atoms with van der Waals surface area (Å²) < 4.78 is 38.6. The maximum atomic E-state index is 13.3. The van der Waals surface area contributed by atoms with Crippen LogP contribution in [0.3, 0.4) is 0 Å². The van der Waals surface area contributed by atoms with E-state index in [1.54, 1.807) is 44.6 Å². The van der Waals surface area contributed by atoms with E-state index in [0.29, 0.717) is 64.0 Å². The number of fused-ring (bicyclic) bond motifs is 3. The van der Waals surface area contributed by atoms with E-state index in [2.05, 4.69) is 5.32 Å². The number of hydrogen-bond acceptors (Lipinski definition) is 9. The molecule has 1 amide bonds. The first-order chi connectivity index (χ1) is 20.3. The number of methoxy groups -OCH3 is 7. The molecule has 1 aliphatic carbocycles. The van der Waals surface area contributed by atoms with Crippen LogP contribution in [0, 0.1) is 0 Å². The minimum atomic E-state index is -0.504. The molecule has 1 N–H and O–H groups in total. The molecule has 0 aromatic heterocycles. The SMILES string of the molecule is COc1cc(/C=C/C(=O)N[C@H]2CCc3cc(OC)c(OC)c(OC)c3-c3ccc(OC)c(=O)cc32)cc(OC)c1OC. The second-order valence-electron chi connectivity index (χ2n) is 9.35. The number of ether oxygens (including phenoxy) is 7. The third-order valence-corrected chi connectivity index (χ3v) is 7.15. The molecule has 1 aliphatic rings. The lowest BCUT2D eigenvalue weighted by atomic mass is 9.95. The van der Waals surface area contributed by atoms with E-state index in [9.17, 15) is 9.59 Å². The zero-order valence-corrected chi connectivity index (χ0v) is 24.8. The molecule has 222 valence electrons. The summed E-state index contributed by atoms with van der Waals surface area (Å²) in [6.07, 6.45) is 4.15. The zero-order valence-electron chi connectivity index (χ0n) is 24.8. The quantitative estimate of drug-likeness (QED) is 0.346. The normalized spacial score (nSPS) is 13.7. The van der Waals surface area contributed by atoms with Crippen molar-refractivity contribution in [1.29, 1.82) is 0 Å². The Bertz CT molecular complexity index is 1540. The highest BCUT2D eigenvalue weighted by molar-refractivity contribution is 5.92. The number of nitrogens with one attached hydrogen (secondary N) is 1. The molecule has 0 heterocycles. The van der Waals surface area contributed by atoms with Gasteiger partial charge >= 0.3 is 0 Å². The van der Waals surface area contributed by atoms with Gasteiger partial charge in [0.15, 0.2) is 28.7 Å². The lowest BCUT2D eigenvalue weighted by Gasteiger charge is -2.19. The maximum Gasteiger partial charge on any atom is 0.244 e. The predicted octanol–water partition coefficient (Wildman–Crippen LogP) is 4.59. The van der Waals surface area contributed by atoms with Crippen molar-refractivity contribution in [3.05, 3.63) is 69.4 Å². The molecule has 0 fully saturated rings. The van der Waals surface area contributed by atoms with E-state index < -0.39 is 6.04 Å². The van der Waals surface area contributed by atoms with Crippen LogP contribution in [0.1, 0.15) is 29.2 Å². The van der Waals surface area contributed by atoms with Crippen LogP contribution in [-0.4, -0.2) is 55.7 Å². The van der Waals surface area contributed by atoms with E-state index in [0.717, 1.165) is 11.1 Å². The Kier molecular flexibility index (Phi) is 9.46. The molecule has 4 rings (SSSR count). The van der Waals surface area contributed by atoms with Gasteiger partial charge in [0, 0.05) is 11.6 Å². The van der Waals surface area contributed by atoms with Crippen LogP contribution in [0.5, 0.6) is 40.2 Å². The number of carbonyl (C=O) groups excluding carboxylic acids is 1. The molecule has 3 aromatic rings. The Hall–Kier alpha value is -4.86. The Morgan fingerprint density at radius 2 is 1.33 bits per heavy atom. The van der Waals surface area contributed by atoms with Gasteiger partial charge in [-0.05, 0) is 71.5 Å². The van der Waals surface area contributed by atoms with Crippen molar-refractivity contribution >= 4 is 12.0 Å². The van der Waals surface area contributed by atoms with Crippen LogP contribution in [0.15, 0.2) is 47.3 Å². The number of hydrogen-bond donors (Lipinski definition) is 1. The molecule has 0 bridgehead atoms. The molecular formula is C32H35NO9. The molecule has 10 heteroatoms. The molecule has 0 saturated heterocycles. The van der Waals surface area contributed by atoms with E-state index in [4.69, 9.17) is 33.2 Å². The van der Waals surface area contributed by atoms with E-state index in [-0.39, 0.29) is 17.1 Å². The molecule has 0 radical (unpaired) electrons. The minimum Gasteiger partial charge on any atom is -0.493 e. The van der Waals surface area contributed by atoms with Crippen molar-refractivity contribution in [2.75, 3.05) is 49.8 Å². The summed E-state index contributed by atoms with van der Waals surface area (Å²) in [6, 6.07) is 9.81. The lowest BCUT2D eigenvalue weighted by Crippen LogP contribution is -2.27. The largest absolute Gasteiger partial charge is 0.493 e. The fourth-order valence-corrected chi connectivity index (χ4v) is 5.21. The van der Waals surface area contributed by atoms with Crippen LogP contribution < -0.4 is 43.9 Å². The number of aryl methyl sites for hydroxylation is 1. The van der Waals surface area contributed by atoms with Crippen molar-refractivity contribution in [2.24, 2.45) is 0 Å². The van der Waals surface area contributed by atoms with E-state index in [1.807, 2.05) is 6.07 Å². The summed E-state index contributed by atoms with van der Waals surface area (Å²) in [5.41, 5.74) is 3.38. The summed E-state index contributed by atoms with van der Waals surface area (Å²) >= 11 is 0. The van der Waals surface area contributed by atoms with Gasteiger partial charge < -0.3 is 38.5 Å². The highest BCUT2D eigenvalue weighted by Gasteiger charge is 2.29. The van der Waals surface area contributed by atoms with Gasteiger partial charge in [-0.25, -0.2) is 0 Å². The maximum absolute atomic E-state index is 13.3. The Balaban J connectivity index is 1.78. The van der Waals surface area contributed by atoms with Gasteiger partial charge in [-0.3, -0.25) is 9.59 Å². The summed E-state index contributed by atoms with van der Waals surface area (Å²) in [4.78, 5) is 26.3. The van der Waals surface area contributed by atoms with Crippen molar-refractivity contribution < 1.29 is 38.0 Å². The van der Waals surface area contributed by atoms with Crippen LogP contribution in [0.25, 0.3) is 17.2 Å². The van der Waals surface area contributed by atoms with Gasteiger partial charge in [0.05, 0.1) is 55.8 Å². The number of rotatable bonds is 10. The second kappa shape index (κ2) is 13.2. The van der Waals surface area contributed by atoms with Crippen molar-refractivity contribution in [3.8, 4) is 51.4 Å². The molecule has 0 aliphatic heterocycles. The summed E-state index contributed by atoms with van der Waals surface area (Å²) in [5, 5.41) is 3.08. The van der Waals surface area contributed by atoms with Gasteiger partial charge in [0.25, 0.3) is 0 Å². The lowest BCUT2D eigenvalue weighted by molar-refractivity contribution is -0.117. The van der Waals surface area contributed by atoms with Gasteiger partial charge in [0.2, 0.25) is 22.8 Å². The molecule has 0 saturated carbocycles. The molecule has 0 unspecified atom stereocenters. The Morgan fingerprint density at radius 3 is 1.90 bits per heavy atom. The molecular weight excluding hydrogens is 542 g/mol. The molecule has 1 atom stereocenters. The average Bonchev–Trinajstić information content (AvgIpc) is 3.26. The summed E-state index contributed by atoms with van der Waals surface area (Å²) in [7, 11) is 10.7.